The molecule has 3 rings (SSSR count). The Morgan fingerprint density at radius 1 is 1.29 bits per heavy atom. The van der Waals surface area contributed by atoms with Crippen molar-refractivity contribution in [2.45, 2.75) is 47.5 Å². The summed E-state index contributed by atoms with van der Waals surface area (Å²) in [4.78, 5) is 24.0. The van der Waals surface area contributed by atoms with E-state index in [0.29, 0.717) is 0 Å². The number of esters is 1. The number of Topliss-reactive ketones (excluding diaryl/α,β-unsaturated/α-hetero) is 1. The number of fused-ring (bicyclic) bond motifs is 1. The van der Waals surface area contributed by atoms with Gasteiger partial charge in [0.15, 0.2) is 5.78 Å². The first-order valence-electron chi connectivity index (χ1n) is 7.54. The van der Waals surface area contributed by atoms with Crippen LogP contribution in [0.1, 0.15) is 47.5 Å². The lowest BCUT2D eigenvalue weighted by Gasteiger charge is -2.40. The summed E-state index contributed by atoms with van der Waals surface area (Å²) in [6.45, 7) is 9.96. The zero-order valence-electron chi connectivity index (χ0n) is 13.4. The Labute approximate surface area is 125 Å². The fourth-order valence-corrected chi connectivity index (χ4v) is 4.09. The van der Waals surface area contributed by atoms with E-state index in [2.05, 4.69) is 20.8 Å². The van der Waals surface area contributed by atoms with Crippen molar-refractivity contribution in [2.24, 2.45) is 10.8 Å². The Kier molecular flexibility index (Phi) is 2.85. The maximum absolute atomic E-state index is 12.9. The van der Waals surface area contributed by atoms with Crippen LogP contribution in [0.3, 0.4) is 0 Å². The SMILES string of the molecule is CC(=O)OCC1=C(C)C=C2C(=O)C(C)(C)C3(CC3)C(C)=C21. The highest BCUT2D eigenvalue weighted by atomic mass is 16.5. The quantitative estimate of drug-likeness (QED) is 0.730. The molecule has 1 fully saturated rings. The highest BCUT2D eigenvalue weighted by molar-refractivity contribution is 6.09. The molecule has 0 aromatic heterocycles. The molecule has 0 N–H and O–H groups in total. The van der Waals surface area contributed by atoms with Gasteiger partial charge in [-0.1, -0.05) is 19.4 Å². The summed E-state index contributed by atoms with van der Waals surface area (Å²) in [5.74, 6) is -0.0524. The molecule has 1 spiro atoms. The number of hydrogen-bond acceptors (Lipinski definition) is 3. The molecule has 112 valence electrons. The topological polar surface area (TPSA) is 43.4 Å². The third kappa shape index (κ3) is 1.73. The Bertz CT molecular complexity index is 652. The van der Waals surface area contributed by atoms with E-state index in [0.717, 1.165) is 35.1 Å². The largest absolute Gasteiger partial charge is 0.461 e. The van der Waals surface area contributed by atoms with Crippen molar-refractivity contribution < 1.29 is 14.3 Å². The molecular formula is C18H22O3. The molecule has 0 aromatic rings. The van der Waals surface area contributed by atoms with Crippen LogP contribution < -0.4 is 0 Å². The number of rotatable bonds is 2. The van der Waals surface area contributed by atoms with Crippen LogP contribution in [0.15, 0.2) is 33.9 Å². The molecule has 21 heavy (non-hydrogen) atoms. The van der Waals surface area contributed by atoms with Gasteiger partial charge in [0.25, 0.3) is 0 Å². The van der Waals surface area contributed by atoms with E-state index in [1.165, 1.54) is 12.5 Å². The van der Waals surface area contributed by atoms with E-state index in [1.54, 1.807) is 0 Å². The predicted molar refractivity (Wildman–Crippen MR) is 80.6 cm³/mol. The number of hydrogen-bond donors (Lipinski definition) is 0. The number of allylic oxidation sites excluding steroid dienone is 4. The minimum absolute atomic E-state index is 0.0167. The van der Waals surface area contributed by atoms with E-state index in [1.807, 2.05) is 13.0 Å². The van der Waals surface area contributed by atoms with Crippen molar-refractivity contribution in [2.75, 3.05) is 6.61 Å². The first-order chi connectivity index (χ1) is 9.72. The third-order valence-corrected chi connectivity index (χ3v) is 5.68. The summed E-state index contributed by atoms with van der Waals surface area (Å²) in [5, 5.41) is 0. The third-order valence-electron chi connectivity index (χ3n) is 5.68. The lowest BCUT2D eigenvalue weighted by molar-refractivity contribution is -0.139. The maximum atomic E-state index is 12.9. The van der Waals surface area contributed by atoms with Crippen LogP contribution in [-0.4, -0.2) is 18.4 Å². The Balaban J connectivity index is 2.10. The van der Waals surface area contributed by atoms with Crippen LogP contribution in [0.4, 0.5) is 0 Å². The van der Waals surface area contributed by atoms with Gasteiger partial charge < -0.3 is 4.74 Å². The molecule has 0 heterocycles. The van der Waals surface area contributed by atoms with Gasteiger partial charge in [-0.15, -0.1) is 0 Å². The number of carbonyl (C=O) groups is 2. The first-order valence-corrected chi connectivity index (χ1v) is 7.54. The van der Waals surface area contributed by atoms with Gasteiger partial charge >= 0.3 is 5.97 Å². The molecule has 0 bridgehead atoms. The van der Waals surface area contributed by atoms with Crippen molar-refractivity contribution in [3.05, 3.63) is 33.9 Å². The van der Waals surface area contributed by atoms with Crippen molar-refractivity contribution in [1.29, 1.82) is 0 Å². The first kappa shape index (κ1) is 14.3. The zero-order valence-corrected chi connectivity index (χ0v) is 13.4. The van der Waals surface area contributed by atoms with Crippen molar-refractivity contribution >= 4 is 11.8 Å². The Hall–Kier alpha value is -1.64. The standard InChI is InChI=1S/C18H22O3/c1-10-8-13-15(14(10)9-21-12(3)19)11(2)18(6-7-18)17(4,5)16(13)20/h8H,6-7,9H2,1-5H3. The lowest BCUT2D eigenvalue weighted by atomic mass is 9.61. The zero-order chi connectivity index (χ0) is 15.6. The number of carbonyl (C=O) groups excluding carboxylic acids is 2. The summed E-state index contributed by atoms with van der Waals surface area (Å²) < 4.78 is 5.19. The van der Waals surface area contributed by atoms with Gasteiger partial charge in [0.2, 0.25) is 0 Å². The molecule has 3 aliphatic rings. The molecular weight excluding hydrogens is 264 g/mol. The molecule has 3 nitrogen and oxygen atoms in total. The van der Waals surface area contributed by atoms with Gasteiger partial charge in [-0.05, 0) is 43.9 Å². The monoisotopic (exact) mass is 286 g/mol. The van der Waals surface area contributed by atoms with E-state index in [-0.39, 0.29) is 29.2 Å². The van der Waals surface area contributed by atoms with Gasteiger partial charge in [0.05, 0.1) is 0 Å². The molecule has 0 aliphatic heterocycles. The summed E-state index contributed by atoms with van der Waals surface area (Å²) in [7, 11) is 0. The minimum atomic E-state index is -0.330. The molecule has 0 unspecified atom stereocenters. The average Bonchev–Trinajstić information content (AvgIpc) is 3.14. The second-order valence-corrected chi connectivity index (χ2v) is 7.04. The van der Waals surface area contributed by atoms with Gasteiger partial charge in [0.1, 0.15) is 6.61 Å². The fraction of sp³-hybridized carbons (Fsp3) is 0.556. The van der Waals surface area contributed by atoms with Gasteiger partial charge in [-0.25, -0.2) is 0 Å². The molecule has 0 atom stereocenters. The minimum Gasteiger partial charge on any atom is -0.461 e. The fourth-order valence-electron chi connectivity index (χ4n) is 4.09. The van der Waals surface area contributed by atoms with Crippen molar-refractivity contribution in [1.82, 2.24) is 0 Å². The summed E-state index contributed by atoms with van der Waals surface area (Å²) in [6.07, 6.45) is 4.12. The average molecular weight is 286 g/mol. The molecule has 0 aromatic carbocycles. The lowest BCUT2D eigenvalue weighted by Crippen LogP contribution is -2.41. The molecule has 0 amide bonds. The molecule has 0 radical (unpaired) electrons. The van der Waals surface area contributed by atoms with Gasteiger partial charge in [-0.2, -0.15) is 0 Å². The predicted octanol–water partition coefficient (Wildman–Crippen LogP) is 3.51. The van der Waals surface area contributed by atoms with E-state index in [9.17, 15) is 9.59 Å². The van der Waals surface area contributed by atoms with Crippen LogP contribution >= 0.6 is 0 Å². The maximum Gasteiger partial charge on any atom is 0.302 e. The van der Waals surface area contributed by atoms with E-state index >= 15 is 0 Å². The molecule has 3 heteroatoms. The number of ketones is 1. The van der Waals surface area contributed by atoms with Crippen LogP contribution in [0.25, 0.3) is 0 Å². The van der Waals surface area contributed by atoms with E-state index < -0.39 is 0 Å². The normalized spacial score (nSPS) is 25.2. The second kappa shape index (κ2) is 4.19. The molecule has 1 saturated carbocycles. The summed E-state index contributed by atoms with van der Waals surface area (Å²) >= 11 is 0. The van der Waals surface area contributed by atoms with Gasteiger partial charge in [0, 0.05) is 28.9 Å². The van der Waals surface area contributed by atoms with Crippen LogP contribution in [0, 0.1) is 10.8 Å². The molecule has 3 aliphatic carbocycles. The smallest absolute Gasteiger partial charge is 0.302 e. The Morgan fingerprint density at radius 2 is 1.90 bits per heavy atom. The van der Waals surface area contributed by atoms with Crippen LogP contribution in [0.2, 0.25) is 0 Å². The van der Waals surface area contributed by atoms with Gasteiger partial charge in [-0.3, -0.25) is 9.59 Å². The summed E-state index contributed by atoms with van der Waals surface area (Å²) in [6, 6.07) is 0. The van der Waals surface area contributed by atoms with Crippen LogP contribution in [-0.2, 0) is 14.3 Å². The summed E-state index contributed by atoms with van der Waals surface area (Å²) in [5.41, 5.74) is 4.91. The highest BCUT2D eigenvalue weighted by Crippen LogP contribution is 2.68. The Morgan fingerprint density at radius 3 is 2.43 bits per heavy atom. The van der Waals surface area contributed by atoms with E-state index in [4.69, 9.17) is 4.74 Å². The second-order valence-electron chi connectivity index (χ2n) is 7.04. The molecule has 0 saturated heterocycles. The highest BCUT2D eigenvalue weighted by Gasteiger charge is 2.62. The number of ether oxygens (including phenoxy) is 1. The van der Waals surface area contributed by atoms with Crippen molar-refractivity contribution in [3.8, 4) is 0 Å². The van der Waals surface area contributed by atoms with Crippen molar-refractivity contribution in [3.63, 3.8) is 0 Å². The van der Waals surface area contributed by atoms with Crippen LogP contribution in [0.5, 0.6) is 0 Å².